The van der Waals surface area contributed by atoms with Crippen LogP contribution in [0.1, 0.15) is 51.9 Å². The van der Waals surface area contributed by atoms with Gasteiger partial charge in [0.2, 0.25) is 0 Å². The fraction of sp³-hybridized carbons (Fsp3) is 0.800. The van der Waals surface area contributed by atoms with Crippen molar-refractivity contribution < 1.29 is 0 Å². The zero-order valence-corrected chi connectivity index (χ0v) is 12.9. The lowest BCUT2D eigenvalue weighted by atomic mass is 9.83. The third-order valence-electron chi connectivity index (χ3n) is 3.47. The summed E-state index contributed by atoms with van der Waals surface area (Å²) < 4.78 is 2.01. The Morgan fingerprint density at radius 2 is 2.06 bits per heavy atom. The summed E-state index contributed by atoms with van der Waals surface area (Å²) in [6, 6.07) is 2.76. The van der Waals surface area contributed by atoms with Crippen LogP contribution in [0.15, 0.2) is 6.07 Å². The van der Waals surface area contributed by atoms with E-state index in [2.05, 4.69) is 51.1 Å². The second kappa shape index (κ2) is 6.37. The molecule has 0 aromatic carbocycles. The molecule has 0 saturated heterocycles. The van der Waals surface area contributed by atoms with E-state index in [-0.39, 0.29) is 0 Å². The minimum absolute atomic E-state index is 0.308. The van der Waals surface area contributed by atoms with Crippen LogP contribution in [-0.4, -0.2) is 22.4 Å². The zero-order chi connectivity index (χ0) is 13.8. The van der Waals surface area contributed by atoms with Crippen molar-refractivity contribution in [2.24, 2.45) is 12.5 Å². The highest BCUT2D eigenvalue weighted by atomic mass is 15.3. The van der Waals surface area contributed by atoms with Crippen LogP contribution in [0.5, 0.6) is 0 Å². The fourth-order valence-electron chi connectivity index (χ4n) is 2.35. The van der Waals surface area contributed by atoms with Gasteiger partial charge in [-0.25, -0.2) is 0 Å². The van der Waals surface area contributed by atoms with E-state index in [1.165, 1.54) is 18.5 Å². The summed E-state index contributed by atoms with van der Waals surface area (Å²) in [6.45, 7) is 12.3. The summed E-state index contributed by atoms with van der Waals surface area (Å²) in [4.78, 5) is 0. The topological polar surface area (TPSA) is 29.9 Å². The lowest BCUT2D eigenvalue weighted by Gasteiger charge is -2.31. The van der Waals surface area contributed by atoms with Crippen LogP contribution in [0.2, 0.25) is 0 Å². The second-order valence-corrected chi connectivity index (χ2v) is 6.31. The van der Waals surface area contributed by atoms with Crippen LogP contribution in [0.3, 0.4) is 0 Å². The number of aryl methyl sites for hydroxylation is 3. The third-order valence-corrected chi connectivity index (χ3v) is 3.47. The third kappa shape index (κ3) is 4.45. The van der Waals surface area contributed by atoms with E-state index in [0.29, 0.717) is 11.5 Å². The minimum atomic E-state index is 0.308. The van der Waals surface area contributed by atoms with E-state index in [9.17, 15) is 0 Å². The summed E-state index contributed by atoms with van der Waals surface area (Å²) in [7, 11) is 2.04. The molecule has 1 unspecified atom stereocenters. The van der Waals surface area contributed by atoms with Crippen molar-refractivity contribution in [1.29, 1.82) is 0 Å². The molecule has 0 spiro atoms. The standard InChI is InChI=1S/C15H29N3/c1-7-10-16-14(15(3,4)5)9-8-13-11-12(2)17-18(13)6/h11,14,16H,7-10H2,1-6H3. The fourth-order valence-corrected chi connectivity index (χ4v) is 2.35. The van der Waals surface area contributed by atoms with Crippen molar-refractivity contribution in [2.45, 2.75) is 59.9 Å². The predicted molar refractivity (Wildman–Crippen MR) is 77.8 cm³/mol. The molecular weight excluding hydrogens is 222 g/mol. The van der Waals surface area contributed by atoms with Gasteiger partial charge in [0.15, 0.2) is 0 Å². The average molecular weight is 251 g/mol. The molecule has 3 heteroatoms. The maximum atomic E-state index is 4.41. The zero-order valence-electron chi connectivity index (χ0n) is 12.9. The molecule has 0 bridgehead atoms. The van der Waals surface area contributed by atoms with Gasteiger partial charge in [-0.3, -0.25) is 4.68 Å². The maximum Gasteiger partial charge on any atom is 0.0596 e. The molecule has 1 atom stereocenters. The van der Waals surface area contributed by atoms with Crippen molar-refractivity contribution in [3.05, 3.63) is 17.5 Å². The van der Waals surface area contributed by atoms with Crippen LogP contribution >= 0.6 is 0 Å². The summed E-state index contributed by atoms with van der Waals surface area (Å²) in [5, 5.41) is 8.09. The molecular formula is C15H29N3. The number of rotatable bonds is 6. The highest BCUT2D eigenvalue weighted by molar-refractivity contribution is 5.09. The Hall–Kier alpha value is -0.830. The summed E-state index contributed by atoms with van der Waals surface area (Å²) >= 11 is 0. The molecule has 18 heavy (non-hydrogen) atoms. The largest absolute Gasteiger partial charge is 0.313 e. The van der Waals surface area contributed by atoms with Gasteiger partial charge in [0, 0.05) is 18.8 Å². The van der Waals surface area contributed by atoms with Crippen molar-refractivity contribution >= 4 is 0 Å². The summed E-state index contributed by atoms with van der Waals surface area (Å²) in [5.41, 5.74) is 2.75. The lowest BCUT2D eigenvalue weighted by Crippen LogP contribution is -2.41. The van der Waals surface area contributed by atoms with E-state index in [1.54, 1.807) is 0 Å². The minimum Gasteiger partial charge on any atom is -0.313 e. The van der Waals surface area contributed by atoms with Gasteiger partial charge in [-0.05, 0) is 44.2 Å². The van der Waals surface area contributed by atoms with Gasteiger partial charge >= 0.3 is 0 Å². The van der Waals surface area contributed by atoms with E-state index in [0.717, 1.165) is 18.7 Å². The molecule has 0 amide bonds. The molecule has 104 valence electrons. The van der Waals surface area contributed by atoms with Gasteiger partial charge in [0.25, 0.3) is 0 Å². The molecule has 1 aromatic heterocycles. The maximum absolute atomic E-state index is 4.41. The Morgan fingerprint density at radius 3 is 2.50 bits per heavy atom. The van der Waals surface area contributed by atoms with Crippen LogP contribution in [-0.2, 0) is 13.5 Å². The monoisotopic (exact) mass is 251 g/mol. The molecule has 0 aliphatic heterocycles. The number of hydrogen-bond acceptors (Lipinski definition) is 2. The van der Waals surface area contributed by atoms with Gasteiger partial charge in [-0.1, -0.05) is 27.7 Å². The molecule has 1 heterocycles. The highest BCUT2D eigenvalue weighted by Crippen LogP contribution is 2.23. The first-order valence-electron chi connectivity index (χ1n) is 7.07. The quantitative estimate of drug-likeness (QED) is 0.842. The van der Waals surface area contributed by atoms with Gasteiger partial charge < -0.3 is 5.32 Å². The predicted octanol–water partition coefficient (Wildman–Crippen LogP) is 3.08. The first kappa shape index (κ1) is 15.2. The molecule has 0 aliphatic carbocycles. The van der Waals surface area contributed by atoms with E-state index in [4.69, 9.17) is 0 Å². The van der Waals surface area contributed by atoms with Crippen molar-refractivity contribution in [3.8, 4) is 0 Å². The molecule has 1 N–H and O–H groups in total. The smallest absolute Gasteiger partial charge is 0.0596 e. The van der Waals surface area contributed by atoms with Gasteiger partial charge in [-0.15, -0.1) is 0 Å². The molecule has 0 saturated carbocycles. The number of hydrogen-bond donors (Lipinski definition) is 1. The highest BCUT2D eigenvalue weighted by Gasteiger charge is 2.23. The van der Waals surface area contributed by atoms with E-state index in [1.807, 2.05) is 11.7 Å². The molecule has 1 aromatic rings. The Labute approximate surface area is 112 Å². The van der Waals surface area contributed by atoms with Crippen LogP contribution in [0.25, 0.3) is 0 Å². The van der Waals surface area contributed by atoms with Crippen LogP contribution in [0, 0.1) is 12.3 Å². The summed E-state index contributed by atoms with van der Waals surface area (Å²) in [6.07, 6.45) is 3.45. The number of aromatic nitrogens is 2. The first-order chi connectivity index (χ1) is 8.34. The Balaban J connectivity index is 2.59. The van der Waals surface area contributed by atoms with Crippen LogP contribution < -0.4 is 5.32 Å². The van der Waals surface area contributed by atoms with E-state index < -0.39 is 0 Å². The number of nitrogens with zero attached hydrogens (tertiary/aromatic N) is 2. The first-order valence-corrected chi connectivity index (χ1v) is 7.07. The van der Waals surface area contributed by atoms with Crippen molar-refractivity contribution in [2.75, 3.05) is 6.54 Å². The Morgan fingerprint density at radius 1 is 1.39 bits per heavy atom. The van der Waals surface area contributed by atoms with E-state index >= 15 is 0 Å². The molecule has 0 aliphatic rings. The Bertz CT molecular complexity index is 360. The van der Waals surface area contributed by atoms with Gasteiger partial charge in [-0.2, -0.15) is 5.10 Å². The lowest BCUT2D eigenvalue weighted by molar-refractivity contribution is 0.254. The number of nitrogens with one attached hydrogen (secondary N) is 1. The van der Waals surface area contributed by atoms with Crippen LogP contribution in [0.4, 0.5) is 0 Å². The average Bonchev–Trinajstić information content (AvgIpc) is 2.55. The Kier molecular flexibility index (Phi) is 5.39. The molecule has 1 rings (SSSR count). The van der Waals surface area contributed by atoms with Crippen molar-refractivity contribution in [1.82, 2.24) is 15.1 Å². The SMILES string of the molecule is CCCNC(CCc1cc(C)nn1C)C(C)(C)C. The molecule has 0 radical (unpaired) electrons. The second-order valence-electron chi connectivity index (χ2n) is 6.31. The van der Waals surface area contributed by atoms with Crippen molar-refractivity contribution in [3.63, 3.8) is 0 Å². The molecule has 3 nitrogen and oxygen atoms in total. The van der Waals surface area contributed by atoms with Gasteiger partial charge in [0.05, 0.1) is 5.69 Å². The normalized spacial score (nSPS) is 13.9. The molecule has 0 fully saturated rings. The van der Waals surface area contributed by atoms with Gasteiger partial charge in [0.1, 0.15) is 0 Å². The summed E-state index contributed by atoms with van der Waals surface area (Å²) in [5.74, 6) is 0.